The molecule has 7 heteroatoms. The Hall–Kier alpha value is -2.25. The Morgan fingerprint density at radius 1 is 1.04 bits per heavy atom. The number of sulfonamides is 1. The Morgan fingerprint density at radius 2 is 1.62 bits per heavy atom. The molecule has 1 unspecified atom stereocenters. The normalized spacial score (nSPS) is 12.8. The van der Waals surface area contributed by atoms with E-state index in [-0.39, 0.29) is 11.3 Å². The minimum Gasteiger partial charge on any atom is -0.325 e. The Morgan fingerprint density at radius 3 is 2.12 bits per heavy atom. The van der Waals surface area contributed by atoms with Crippen molar-refractivity contribution in [3.63, 3.8) is 0 Å². The van der Waals surface area contributed by atoms with Crippen LogP contribution in [-0.4, -0.2) is 20.4 Å². The van der Waals surface area contributed by atoms with Gasteiger partial charge in [0.25, 0.3) is 0 Å². The molecule has 0 aliphatic rings. The van der Waals surface area contributed by atoms with E-state index in [1.165, 1.54) is 0 Å². The standard InChI is InChI=1S/C19H23FN2O3S/c1-4-18(22-26(24,25)17-11-7-15(20)8-12-17)19(23)21-16-9-5-14(6-10-16)13(2)3/h5-13,18,22H,4H2,1-3H3,(H,21,23). The van der Waals surface area contributed by atoms with Gasteiger partial charge in [0.2, 0.25) is 15.9 Å². The van der Waals surface area contributed by atoms with Crippen LogP contribution in [0.25, 0.3) is 0 Å². The van der Waals surface area contributed by atoms with Gasteiger partial charge in [0.15, 0.2) is 0 Å². The third-order valence-electron chi connectivity index (χ3n) is 3.99. The lowest BCUT2D eigenvalue weighted by molar-refractivity contribution is -0.117. The molecule has 0 aromatic heterocycles. The molecule has 0 aliphatic carbocycles. The average Bonchev–Trinajstić information content (AvgIpc) is 2.60. The zero-order valence-electron chi connectivity index (χ0n) is 15.0. The van der Waals surface area contributed by atoms with Gasteiger partial charge in [-0.3, -0.25) is 4.79 Å². The van der Waals surface area contributed by atoms with E-state index in [9.17, 15) is 17.6 Å². The van der Waals surface area contributed by atoms with Crippen LogP contribution in [0.1, 0.15) is 38.7 Å². The third kappa shape index (κ3) is 5.12. The summed E-state index contributed by atoms with van der Waals surface area (Å²) < 4.78 is 40.1. The lowest BCUT2D eigenvalue weighted by Crippen LogP contribution is -2.43. The van der Waals surface area contributed by atoms with Crippen molar-refractivity contribution in [2.24, 2.45) is 0 Å². The summed E-state index contributed by atoms with van der Waals surface area (Å²) in [6.45, 7) is 5.86. The smallest absolute Gasteiger partial charge is 0.242 e. The number of nitrogens with one attached hydrogen (secondary N) is 2. The van der Waals surface area contributed by atoms with E-state index in [2.05, 4.69) is 23.9 Å². The Labute approximate surface area is 153 Å². The van der Waals surface area contributed by atoms with E-state index >= 15 is 0 Å². The topological polar surface area (TPSA) is 75.3 Å². The maximum absolute atomic E-state index is 13.0. The van der Waals surface area contributed by atoms with Crippen LogP contribution < -0.4 is 10.0 Å². The minimum absolute atomic E-state index is 0.0913. The number of hydrogen-bond acceptors (Lipinski definition) is 3. The SMILES string of the molecule is CCC(NS(=O)(=O)c1ccc(F)cc1)C(=O)Nc1ccc(C(C)C)cc1. The van der Waals surface area contributed by atoms with Gasteiger partial charge < -0.3 is 5.32 Å². The van der Waals surface area contributed by atoms with Crippen molar-refractivity contribution in [3.8, 4) is 0 Å². The van der Waals surface area contributed by atoms with Crippen LogP contribution in [0.15, 0.2) is 53.4 Å². The molecule has 0 saturated heterocycles. The highest BCUT2D eigenvalue weighted by molar-refractivity contribution is 7.89. The summed E-state index contributed by atoms with van der Waals surface area (Å²) in [7, 11) is -3.92. The van der Waals surface area contributed by atoms with Crippen molar-refractivity contribution in [3.05, 3.63) is 59.9 Å². The van der Waals surface area contributed by atoms with Crippen LogP contribution in [0.2, 0.25) is 0 Å². The molecule has 1 amide bonds. The van der Waals surface area contributed by atoms with Crippen molar-refractivity contribution in [2.45, 2.75) is 44.0 Å². The van der Waals surface area contributed by atoms with E-state index in [1.807, 2.05) is 12.1 Å². The first-order chi connectivity index (χ1) is 12.2. The summed E-state index contributed by atoms with van der Waals surface area (Å²) in [4.78, 5) is 12.3. The fourth-order valence-corrected chi connectivity index (χ4v) is 3.65. The van der Waals surface area contributed by atoms with Crippen molar-refractivity contribution >= 4 is 21.6 Å². The molecule has 1 atom stereocenters. The van der Waals surface area contributed by atoms with Crippen molar-refractivity contribution in [1.29, 1.82) is 0 Å². The largest absolute Gasteiger partial charge is 0.325 e. The molecular formula is C19H23FN2O3S. The first-order valence-electron chi connectivity index (χ1n) is 8.41. The molecular weight excluding hydrogens is 355 g/mol. The van der Waals surface area contributed by atoms with Gasteiger partial charge in [0.1, 0.15) is 11.9 Å². The molecule has 2 aromatic rings. The molecule has 0 radical (unpaired) electrons. The highest BCUT2D eigenvalue weighted by Crippen LogP contribution is 2.18. The van der Waals surface area contributed by atoms with Gasteiger partial charge in [0.05, 0.1) is 4.90 Å². The summed E-state index contributed by atoms with van der Waals surface area (Å²) in [6, 6.07) is 10.9. The monoisotopic (exact) mass is 378 g/mol. The summed E-state index contributed by atoms with van der Waals surface area (Å²) >= 11 is 0. The lowest BCUT2D eigenvalue weighted by atomic mass is 10.0. The van der Waals surface area contributed by atoms with Crippen LogP contribution >= 0.6 is 0 Å². The summed E-state index contributed by atoms with van der Waals surface area (Å²) in [6.07, 6.45) is 0.274. The van der Waals surface area contributed by atoms with Gasteiger partial charge in [-0.15, -0.1) is 0 Å². The highest BCUT2D eigenvalue weighted by Gasteiger charge is 2.24. The van der Waals surface area contributed by atoms with Crippen LogP contribution in [0.4, 0.5) is 10.1 Å². The molecule has 140 valence electrons. The molecule has 2 aromatic carbocycles. The molecule has 0 heterocycles. The Bertz CT molecular complexity index is 847. The van der Waals surface area contributed by atoms with Gasteiger partial charge in [-0.2, -0.15) is 4.72 Å². The second-order valence-electron chi connectivity index (χ2n) is 6.30. The molecule has 0 fully saturated rings. The summed E-state index contributed by atoms with van der Waals surface area (Å²) in [5.41, 5.74) is 1.74. The first-order valence-corrected chi connectivity index (χ1v) is 9.90. The molecule has 0 spiro atoms. The van der Waals surface area contributed by atoms with Gasteiger partial charge in [-0.1, -0.05) is 32.9 Å². The number of anilines is 1. The average molecular weight is 378 g/mol. The summed E-state index contributed by atoms with van der Waals surface area (Å²) in [5.74, 6) is -0.597. The van der Waals surface area contributed by atoms with E-state index in [4.69, 9.17) is 0 Å². The van der Waals surface area contributed by atoms with E-state index < -0.39 is 27.8 Å². The minimum atomic E-state index is -3.92. The van der Waals surface area contributed by atoms with Gasteiger partial charge in [-0.05, 0) is 54.3 Å². The Balaban J connectivity index is 2.09. The lowest BCUT2D eigenvalue weighted by Gasteiger charge is -2.17. The predicted octanol–water partition coefficient (Wildman–Crippen LogP) is 3.64. The number of rotatable bonds is 7. The van der Waals surface area contributed by atoms with Crippen molar-refractivity contribution in [2.75, 3.05) is 5.32 Å². The third-order valence-corrected chi connectivity index (χ3v) is 5.48. The summed E-state index contributed by atoms with van der Waals surface area (Å²) in [5, 5.41) is 2.72. The van der Waals surface area contributed by atoms with Gasteiger partial charge >= 0.3 is 0 Å². The molecule has 2 N–H and O–H groups in total. The van der Waals surface area contributed by atoms with Gasteiger partial charge in [-0.25, -0.2) is 12.8 Å². The van der Waals surface area contributed by atoms with Crippen LogP contribution in [0, 0.1) is 5.82 Å². The molecule has 26 heavy (non-hydrogen) atoms. The van der Waals surface area contributed by atoms with E-state index in [1.54, 1.807) is 19.1 Å². The second-order valence-corrected chi connectivity index (χ2v) is 8.02. The maximum atomic E-state index is 13.0. The molecule has 0 bridgehead atoms. The van der Waals surface area contributed by atoms with Crippen molar-refractivity contribution in [1.82, 2.24) is 4.72 Å². The zero-order chi connectivity index (χ0) is 19.3. The molecule has 5 nitrogen and oxygen atoms in total. The molecule has 0 aliphatic heterocycles. The zero-order valence-corrected chi connectivity index (χ0v) is 15.8. The van der Waals surface area contributed by atoms with Crippen LogP contribution in [0.3, 0.4) is 0 Å². The number of hydrogen-bond donors (Lipinski definition) is 2. The van der Waals surface area contributed by atoms with Crippen LogP contribution in [-0.2, 0) is 14.8 Å². The highest BCUT2D eigenvalue weighted by atomic mass is 32.2. The number of benzene rings is 2. The fraction of sp³-hybridized carbons (Fsp3) is 0.316. The maximum Gasteiger partial charge on any atom is 0.242 e. The number of halogens is 1. The van der Waals surface area contributed by atoms with Crippen molar-refractivity contribution < 1.29 is 17.6 Å². The number of carbonyl (C=O) groups excluding carboxylic acids is 1. The quantitative estimate of drug-likeness (QED) is 0.772. The Kier molecular flexibility index (Phi) is 6.50. The van der Waals surface area contributed by atoms with E-state index in [0.717, 1.165) is 29.8 Å². The number of carbonyl (C=O) groups is 1. The molecule has 2 rings (SSSR count). The van der Waals surface area contributed by atoms with Crippen LogP contribution in [0.5, 0.6) is 0 Å². The second kappa shape index (κ2) is 8.42. The van der Waals surface area contributed by atoms with E-state index in [0.29, 0.717) is 11.6 Å². The number of amides is 1. The molecule has 0 saturated carbocycles. The first kappa shape index (κ1) is 20.1. The fourth-order valence-electron chi connectivity index (χ4n) is 2.37. The predicted molar refractivity (Wildman–Crippen MR) is 100.0 cm³/mol. The van der Waals surface area contributed by atoms with Gasteiger partial charge in [0, 0.05) is 5.69 Å².